The van der Waals surface area contributed by atoms with Crippen LogP contribution in [-0.4, -0.2) is 30.6 Å². The predicted octanol–water partition coefficient (Wildman–Crippen LogP) is 2.10. The van der Waals surface area contributed by atoms with Gasteiger partial charge < -0.3 is 10.1 Å². The number of carbonyl (C=O) groups is 3. The molecular weight excluding hydrogens is 317 g/mol. The first-order chi connectivity index (χ1) is 10.6. The second kappa shape index (κ2) is 7.61. The number of halogens is 3. The van der Waals surface area contributed by atoms with Crippen molar-refractivity contribution in [1.29, 1.82) is 0 Å². The minimum Gasteiger partial charge on any atom is -0.452 e. The molecule has 1 rings (SSSR count). The Labute approximate surface area is 130 Å². The zero-order valence-electron chi connectivity index (χ0n) is 12.4. The fourth-order valence-corrected chi connectivity index (χ4v) is 1.58. The van der Waals surface area contributed by atoms with Crippen molar-refractivity contribution in [3.8, 4) is 0 Å². The molecule has 0 bridgehead atoms. The molecule has 3 amide bonds. The number of ether oxygens (including phenoxy) is 1. The Balaban J connectivity index is 2.65. The molecule has 9 heteroatoms. The van der Waals surface area contributed by atoms with Gasteiger partial charge in [0.25, 0.3) is 5.91 Å². The van der Waals surface area contributed by atoms with Crippen LogP contribution in [0.5, 0.6) is 0 Å². The van der Waals surface area contributed by atoms with Gasteiger partial charge in [0.1, 0.15) is 0 Å². The predicted molar refractivity (Wildman–Crippen MR) is 73.5 cm³/mol. The lowest BCUT2D eigenvalue weighted by atomic mass is 10.1. The average Bonchev–Trinajstić information content (AvgIpc) is 2.42. The number of urea groups is 1. The molecular formula is C14H15F3N2O4. The number of amides is 3. The molecule has 126 valence electrons. The first kappa shape index (κ1) is 18.5. The summed E-state index contributed by atoms with van der Waals surface area (Å²) < 4.78 is 42.8. The summed E-state index contributed by atoms with van der Waals surface area (Å²) in [6, 6.07) is 3.02. The van der Waals surface area contributed by atoms with Crippen LogP contribution in [0.25, 0.3) is 0 Å². The molecule has 0 aromatic heterocycles. The molecule has 0 radical (unpaired) electrons. The van der Waals surface area contributed by atoms with Crippen molar-refractivity contribution >= 4 is 17.9 Å². The molecule has 0 aliphatic carbocycles. The van der Waals surface area contributed by atoms with E-state index in [2.05, 4.69) is 10.1 Å². The maximum absolute atomic E-state index is 12.8. The highest BCUT2D eigenvalue weighted by Gasteiger charge is 2.35. The number of hydrogen-bond donors (Lipinski definition) is 2. The highest BCUT2D eigenvalue weighted by molar-refractivity contribution is 5.97. The Bertz CT molecular complexity index is 600. The number of hydrogen-bond acceptors (Lipinski definition) is 4. The fraction of sp³-hybridized carbons (Fsp3) is 0.357. The van der Waals surface area contributed by atoms with E-state index in [9.17, 15) is 27.6 Å². The van der Waals surface area contributed by atoms with Crippen LogP contribution in [0.2, 0.25) is 0 Å². The monoisotopic (exact) mass is 332 g/mol. The zero-order valence-corrected chi connectivity index (χ0v) is 12.4. The van der Waals surface area contributed by atoms with Gasteiger partial charge in [-0.25, -0.2) is 9.59 Å². The highest BCUT2D eigenvalue weighted by Crippen LogP contribution is 2.32. The minimum absolute atomic E-state index is 0.219. The van der Waals surface area contributed by atoms with Crippen LogP contribution in [0.1, 0.15) is 29.8 Å². The van der Waals surface area contributed by atoms with Crippen LogP contribution in [0, 0.1) is 0 Å². The number of carbonyl (C=O) groups excluding carboxylic acids is 3. The molecule has 0 spiro atoms. The molecule has 1 aromatic rings. The van der Waals surface area contributed by atoms with Gasteiger partial charge in [0.2, 0.25) is 0 Å². The fourth-order valence-electron chi connectivity index (χ4n) is 1.58. The lowest BCUT2D eigenvalue weighted by molar-refractivity contribution is -0.138. The molecule has 0 saturated heterocycles. The smallest absolute Gasteiger partial charge is 0.417 e. The van der Waals surface area contributed by atoms with Crippen LogP contribution < -0.4 is 10.6 Å². The molecule has 0 atom stereocenters. The summed E-state index contributed by atoms with van der Waals surface area (Å²) >= 11 is 0. The maximum Gasteiger partial charge on any atom is 0.417 e. The van der Waals surface area contributed by atoms with Crippen molar-refractivity contribution < 1.29 is 32.3 Å². The molecule has 0 aliphatic rings. The van der Waals surface area contributed by atoms with Gasteiger partial charge in [-0.2, -0.15) is 13.2 Å². The summed E-state index contributed by atoms with van der Waals surface area (Å²) in [5, 5.41) is 4.24. The molecule has 0 aliphatic heterocycles. The third-order valence-electron chi connectivity index (χ3n) is 2.46. The van der Waals surface area contributed by atoms with E-state index in [1.807, 2.05) is 5.32 Å². The molecule has 0 heterocycles. The number of esters is 1. The van der Waals surface area contributed by atoms with Gasteiger partial charge in [-0.15, -0.1) is 0 Å². The number of imide groups is 1. The summed E-state index contributed by atoms with van der Waals surface area (Å²) in [5.74, 6) is -2.27. The number of alkyl halides is 3. The van der Waals surface area contributed by atoms with E-state index < -0.39 is 41.8 Å². The molecule has 0 unspecified atom stereocenters. The van der Waals surface area contributed by atoms with Crippen LogP contribution in [0.4, 0.5) is 18.0 Å². The molecule has 23 heavy (non-hydrogen) atoms. The maximum atomic E-state index is 12.8. The van der Waals surface area contributed by atoms with E-state index in [-0.39, 0.29) is 6.04 Å². The zero-order chi connectivity index (χ0) is 17.6. The Kier molecular flexibility index (Phi) is 6.11. The normalized spacial score (nSPS) is 11.0. The summed E-state index contributed by atoms with van der Waals surface area (Å²) in [6.45, 7) is 2.45. The van der Waals surface area contributed by atoms with Gasteiger partial charge in [-0.05, 0) is 26.0 Å². The van der Waals surface area contributed by atoms with E-state index >= 15 is 0 Å². The quantitative estimate of drug-likeness (QED) is 0.827. The van der Waals surface area contributed by atoms with Gasteiger partial charge >= 0.3 is 18.2 Å². The largest absolute Gasteiger partial charge is 0.452 e. The number of benzene rings is 1. The highest BCUT2D eigenvalue weighted by atomic mass is 19.4. The van der Waals surface area contributed by atoms with Gasteiger partial charge in [-0.1, -0.05) is 12.1 Å². The topological polar surface area (TPSA) is 84.5 Å². The summed E-state index contributed by atoms with van der Waals surface area (Å²) in [4.78, 5) is 34.3. The first-order valence-electron chi connectivity index (χ1n) is 6.55. The SMILES string of the molecule is CC(C)NC(=O)NC(=O)COC(=O)c1ccccc1C(F)(F)F. The van der Waals surface area contributed by atoms with Crippen molar-refractivity contribution in [1.82, 2.24) is 10.6 Å². The average molecular weight is 332 g/mol. The van der Waals surface area contributed by atoms with E-state index in [0.29, 0.717) is 0 Å². The van der Waals surface area contributed by atoms with Gasteiger partial charge in [-0.3, -0.25) is 10.1 Å². The van der Waals surface area contributed by atoms with E-state index in [1.165, 1.54) is 6.07 Å². The van der Waals surface area contributed by atoms with Crippen LogP contribution in [0.3, 0.4) is 0 Å². The third-order valence-corrected chi connectivity index (χ3v) is 2.46. The molecule has 0 saturated carbocycles. The Hall–Kier alpha value is -2.58. The van der Waals surface area contributed by atoms with E-state index in [1.54, 1.807) is 13.8 Å². The molecule has 6 nitrogen and oxygen atoms in total. The molecule has 0 fully saturated rings. The van der Waals surface area contributed by atoms with Crippen molar-refractivity contribution in [2.24, 2.45) is 0 Å². The second-order valence-corrected chi connectivity index (χ2v) is 4.80. The Morgan fingerprint density at radius 3 is 2.35 bits per heavy atom. The van der Waals surface area contributed by atoms with Crippen LogP contribution >= 0.6 is 0 Å². The first-order valence-corrected chi connectivity index (χ1v) is 6.55. The number of rotatable bonds is 4. The Morgan fingerprint density at radius 2 is 1.78 bits per heavy atom. The minimum atomic E-state index is -4.73. The number of nitrogens with one attached hydrogen (secondary N) is 2. The van der Waals surface area contributed by atoms with Crippen molar-refractivity contribution in [3.05, 3.63) is 35.4 Å². The van der Waals surface area contributed by atoms with E-state index in [0.717, 1.165) is 18.2 Å². The molecule has 1 aromatic carbocycles. The van der Waals surface area contributed by atoms with Crippen molar-refractivity contribution in [2.45, 2.75) is 26.1 Å². The standard InChI is InChI=1S/C14H15F3N2O4/c1-8(2)18-13(22)19-11(20)7-23-12(21)9-5-3-4-6-10(9)14(15,16)17/h3-6,8H,7H2,1-2H3,(H2,18,19,20,22). The van der Waals surface area contributed by atoms with Crippen molar-refractivity contribution in [2.75, 3.05) is 6.61 Å². The van der Waals surface area contributed by atoms with Gasteiger partial charge in [0, 0.05) is 6.04 Å². The lowest BCUT2D eigenvalue weighted by Crippen LogP contribution is -2.44. The van der Waals surface area contributed by atoms with Crippen LogP contribution in [-0.2, 0) is 15.7 Å². The van der Waals surface area contributed by atoms with Gasteiger partial charge in [0.15, 0.2) is 6.61 Å². The van der Waals surface area contributed by atoms with Crippen molar-refractivity contribution in [3.63, 3.8) is 0 Å². The second-order valence-electron chi connectivity index (χ2n) is 4.80. The summed E-state index contributed by atoms with van der Waals surface area (Å²) in [7, 11) is 0. The summed E-state index contributed by atoms with van der Waals surface area (Å²) in [5.41, 5.74) is -1.87. The van der Waals surface area contributed by atoms with Crippen LogP contribution in [0.15, 0.2) is 24.3 Å². The van der Waals surface area contributed by atoms with Gasteiger partial charge in [0.05, 0.1) is 11.1 Å². The third kappa shape index (κ3) is 5.97. The summed E-state index contributed by atoms with van der Waals surface area (Å²) in [6.07, 6.45) is -4.73. The van der Waals surface area contributed by atoms with E-state index in [4.69, 9.17) is 0 Å². The Morgan fingerprint density at radius 1 is 1.17 bits per heavy atom. The molecule has 2 N–H and O–H groups in total. The lowest BCUT2D eigenvalue weighted by Gasteiger charge is -2.12.